The van der Waals surface area contributed by atoms with Crippen molar-refractivity contribution in [2.24, 2.45) is 0 Å². The van der Waals surface area contributed by atoms with Crippen molar-refractivity contribution >= 4 is 70.8 Å². The molecule has 0 atom stereocenters. The number of pyridine rings is 1. The highest BCUT2D eigenvalue weighted by Gasteiger charge is 2.16. The summed E-state index contributed by atoms with van der Waals surface area (Å²) >= 11 is 17.9. The van der Waals surface area contributed by atoms with Crippen LogP contribution in [0.4, 0.5) is 5.69 Å². The topological polar surface area (TPSA) is 59.1 Å². The molecular formula is C11H6Br2Cl2N2O2S. The van der Waals surface area contributed by atoms with Crippen molar-refractivity contribution in [3.05, 3.63) is 49.6 Å². The maximum atomic E-state index is 12.2. The molecule has 2 rings (SSSR count). The zero-order valence-electron chi connectivity index (χ0n) is 9.57. The minimum Gasteiger partial charge on any atom is -0.278 e. The van der Waals surface area contributed by atoms with Crippen molar-refractivity contribution in [3.8, 4) is 0 Å². The third-order valence-electron chi connectivity index (χ3n) is 2.25. The van der Waals surface area contributed by atoms with Crippen LogP contribution < -0.4 is 4.72 Å². The van der Waals surface area contributed by atoms with Crippen molar-refractivity contribution in [2.45, 2.75) is 4.90 Å². The Hall–Kier alpha value is -0.340. The molecule has 0 aliphatic rings. The van der Waals surface area contributed by atoms with Crippen LogP contribution in [0.25, 0.3) is 0 Å². The van der Waals surface area contributed by atoms with Crippen LogP contribution in [0.1, 0.15) is 0 Å². The van der Waals surface area contributed by atoms with E-state index in [1.807, 2.05) is 0 Å². The van der Waals surface area contributed by atoms with Gasteiger partial charge in [-0.25, -0.2) is 13.4 Å². The predicted molar refractivity (Wildman–Crippen MR) is 86.9 cm³/mol. The third kappa shape index (κ3) is 3.65. The number of nitrogens with zero attached hydrogens (tertiary/aromatic N) is 1. The Morgan fingerprint density at radius 2 is 1.80 bits per heavy atom. The Bertz CT molecular complexity index is 769. The highest BCUT2D eigenvalue weighted by atomic mass is 79.9. The molecule has 0 bridgehead atoms. The fourth-order valence-electron chi connectivity index (χ4n) is 1.34. The van der Waals surface area contributed by atoms with Crippen molar-refractivity contribution in [3.63, 3.8) is 0 Å². The van der Waals surface area contributed by atoms with E-state index in [-0.39, 0.29) is 10.0 Å². The monoisotopic (exact) mass is 458 g/mol. The van der Waals surface area contributed by atoms with E-state index >= 15 is 0 Å². The number of nitrogens with one attached hydrogen (secondary N) is 1. The van der Waals surface area contributed by atoms with Crippen molar-refractivity contribution in [1.29, 1.82) is 0 Å². The summed E-state index contributed by atoms with van der Waals surface area (Å²) in [6, 6.07) is 5.85. The molecule has 1 aromatic carbocycles. The second-order valence-corrected chi connectivity index (χ2v) is 7.83. The normalized spacial score (nSPS) is 11.4. The lowest BCUT2D eigenvalue weighted by Gasteiger charge is -2.09. The average molecular weight is 461 g/mol. The van der Waals surface area contributed by atoms with Crippen LogP contribution in [0.15, 0.2) is 44.3 Å². The number of hydrogen-bond donors (Lipinski definition) is 1. The first kappa shape index (κ1) is 16.0. The fraction of sp³-hybridized carbons (Fsp3) is 0. The van der Waals surface area contributed by atoms with E-state index in [0.29, 0.717) is 19.7 Å². The summed E-state index contributed by atoms with van der Waals surface area (Å²) in [5.41, 5.74) is 0.298. The molecule has 0 unspecified atom stereocenters. The maximum absolute atomic E-state index is 12.2. The van der Waals surface area contributed by atoms with E-state index in [1.165, 1.54) is 30.5 Å². The molecule has 9 heteroatoms. The largest absolute Gasteiger partial charge is 0.278 e. The van der Waals surface area contributed by atoms with Gasteiger partial charge < -0.3 is 0 Å². The van der Waals surface area contributed by atoms with Gasteiger partial charge in [0.15, 0.2) is 0 Å². The first-order valence-electron chi connectivity index (χ1n) is 5.08. The Kier molecular flexibility index (Phi) is 4.96. The summed E-state index contributed by atoms with van der Waals surface area (Å²) < 4.78 is 27.8. The zero-order chi connectivity index (χ0) is 14.9. The second kappa shape index (κ2) is 6.19. The molecule has 0 amide bonds. The molecule has 106 valence electrons. The van der Waals surface area contributed by atoms with Crippen molar-refractivity contribution in [1.82, 2.24) is 4.98 Å². The van der Waals surface area contributed by atoms with Gasteiger partial charge in [0.25, 0.3) is 10.0 Å². The van der Waals surface area contributed by atoms with Crippen LogP contribution in [0.3, 0.4) is 0 Å². The summed E-state index contributed by atoms with van der Waals surface area (Å²) in [6.45, 7) is 0. The Morgan fingerprint density at radius 1 is 1.10 bits per heavy atom. The van der Waals surface area contributed by atoms with Crippen molar-refractivity contribution < 1.29 is 8.42 Å². The van der Waals surface area contributed by atoms with Gasteiger partial charge in [0, 0.05) is 4.47 Å². The number of sulfonamides is 1. The summed E-state index contributed by atoms with van der Waals surface area (Å²) in [5.74, 6) is 0. The molecule has 20 heavy (non-hydrogen) atoms. The van der Waals surface area contributed by atoms with E-state index in [1.54, 1.807) is 0 Å². The first-order valence-corrected chi connectivity index (χ1v) is 8.91. The lowest BCUT2D eigenvalue weighted by atomic mass is 10.4. The zero-order valence-corrected chi connectivity index (χ0v) is 15.1. The van der Waals surface area contributed by atoms with Gasteiger partial charge in [-0.15, -0.1) is 0 Å². The lowest BCUT2D eigenvalue weighted by molar-refractivity contribution is 0.601. The first-order chi connectivity index (χ1) is 9.29. The SMILES string of the molecule is O=S(=O)(Nc1cnc(Cl)c(Br)c1)c1ccc(Cl)c(Br)c1. The molecule has 0 spiro atoms. The summed E-state index contributed by atoms with van der Waals surface area (Å²) in [4.78, 5) is 3.93. The molecule has 0 saturated carbocycles. The number of anilines is 1. The molecular weight excluding hydrogens is 455 g/mol. The fourth-order valence-corrected chi connectivity index (χ4v) is 3.50. The van der Waals surface area contributed by atoms with Crippen LogP contribution in [-0.4, -0.2) is 13.4 Å². The van der Waals surface area contributed by atoms with Gasteiger partial charge >= 0.3 is 0 Å². The van der Waals surface area contributed by atoms with Gasteiger partial charge in [0.1, 0.15) is 5.15 Å². The lowest BCUT2D eigenvalue weighted by Crippen LogP contribution is -2.13. The number of benzene rings is 1. The number of rotatable bonds is 3. The third-order valence-corrected chi connectivity index (χ3v) is 5.98. The molecule has 1 N–H and O–H groups in total. The molecule has 2 aromatic rings. The summed E-state index contributed by atoms with van der Waals surface area (Å²) in [5, 5.41) is 0.682. The molecule has 0 saturated heterocycles. The van der Waals surface area contributed by atoms with Crippen LogP contribution in [0.2, 0.25) is 10.2 Å². The summed E-state index contributed by atoms with van der Waals surface area (Å²) in [6.07, 6.45) is 1.33. The molecule has 0 radical (unpaired) electrons. The molecule has 0 aliphatic heterocycles. The Labute approximate surface area is 142 Å². The number of aromatic nitrogens is 1. The highest BCUT2D eigenvalue weighted by molar-refractivity contribution is 9.10. The number of halogens is 4. The van der Waals surface area contributed by atoms with Gasteiger partial charge in [0.2, 0.25) is 0 Å². The molecule has 4 nitrogen and oxygen atoms in total. The minimum absolute atomic E-state index is 0.0832. The minimum atomic E-state index is -3.72. The van der Waals surface area contributed by atoms with Crippen LogP contribution >= 0.6 is 55.1 Å². The molecule has 0 fully saturated rings. The van der Waals surface area contributed by atoms with Crippen LogP contribution in [0, 0.1) is 0 Å². The van der Waals surface area contributed by atoms with E-state index in [2.05, 4.69) is 41.6 Å². The van der Waals surface area contributed by atoms with Gasteiger partial charge in [0.05, 0.1) is 26.3 Å². The Balaban J connectivity index is 2.35. The van der Waals surface area contributed by atoms with Crippen LogP contribution in [-0.2, 0) is 10.0 Å². The van der Waals surface area contributed by atoms with E-state index < -0.39 is 10.0 Å². The van der Waals surface area contributed by atoms with Gasteiger partial charge in [-0.2, -0.15) is 0 Å². The van der Waals surface area contributed by atoms with E-state index in [9.17, 15) is 8.42 Å². The predicted octanol–water partition coefficient (Wildman–Crippen LogP) is 4.71. The Morgan fingerprint density at radius 3 is 2.40 bits per heavy atom. The molecule has 1 heterocycles. The smallest absolute Gasteiger partial charge is 0.261 e. The molecule has 1 aromatic heterocycles. The second-order valence-electron chi connectivity index (χ2n) is 3.68. The average Bonchev–Trinajstić information content (AvgIpc) is 2.37. The number of hydrogen-bond acceptors (Lipinski definition) is 3. The maximum Gasteiger partial charge on any atom is 0.261 e. The quantitative estimate of drug-likeness (QED) is 0.674. The van der Waals surface area contributed by atoms with E-state index in [4.69, 9.17) is 23.2 Å². The standard InChI is InChI=1S/C11H6Br2Cl2N2O2S/c12-8-4-7(1-2-10(8)14)20(18,19)17-6-3-9(13)11(15)16-5-6/h1-5,17H. The van der Waals surface area contributed by atoms with E-state index in [0.717, 1.165) is 0 Å². The van der Waals surface area contributed by atoms with Gasteiger partial charge in [-0.3, -0.25) is 4.72 Å². The summed E-state index contributed by atoms with van der Waals surface area (Å²) in [7, 11) is -3.72. The van der Waals surface area contributed by atoms with Crippen LogP contribution in [0.5, 0.6) is 0 Å². The molecule has 0 aliphatic carbocycles. The van der Waals surface area contributed by atoms with Gasteiger partial charge in [-0.05, 0) is 56.1 Å². The van der Waals surface area contributed by atoms with Gasteiger partial charge in [-0.1, -0.05) is 23.2 Å². The highest BCUT2D eigenvalue weighted by Crippen LogP contribution is 2.28. The van der Waals surface area contributed by atoms with Crippen molar-refractivity contribution in [2.75, 3.05) is 4.72 Å².